The van der Waals surface area contributed by atoms with Crippen LogP contribution in [0.1, 0.15) is 5.69 Å². The standard InChI is InChI=1S/C12H10BrF2N3/c1-6-2-3-10(16)12(17-6)18-11-4-7(13)8(14)5-9(11)15/h2-5H,16H2,1H3,(H,17,18). The number of hydrogen-bond donors (Lipinski definition) is 2. The van der Waals surface area contributed by atoms with Gasteiger partial charge < -0.3 is 11.1 Å². The van der Waals surface area contributed by atoms with Crippen molar-refractivity contribution in [1.82, 2.24) is 4.98 Å². The Morgan fingerprint density at radius 3 is 2.67 bits per heavy atom. The van der Waals surface area contributed by atoms with Crippen molar-refractivity contribution in [1.29, 1.82) is 0 Å². The number of nitrogen functional groups attached to an aromatic ring is 1. The fourth-order valence-electron chi connectivity index (χ4n) is 1.41. The van der Waals surface area contributed by atoms with E-state index in [0.29, 0.717) is 11.5 Å². The van der Waals surface area contributed by atoms with Gasteiger partial charge in [-0.25, -0.2) is 13.8 Å². The molecule has 0 spiro atoms. The van der Waals surface area contributed by atoms with Crippen LogP contribution in [0.25, 0.3) is 0 Å². The van der Waals surface area contributed by atoms with Gasteiger partial charge in [-0.15, -0.1) is 0 Å². The van der Waals surface area contributed by atoms with Gasteiger partial charge in [0.1, 0.15) is 11.6 Å². The van der Waals surface area contributed by atoms with Crippen molar-refractivity contribution < 1.29 is 8.78 Å². The maximum atomic E-state index is 13.6. The number of anilines is 3. The number of halogens is 3. The van der Waals surface area contributed by atoms with Gasteiger partial charge in [0.25, 0.3) is 0 Å². The Kier molecular flexibility index (Phi) is 3.47. The number of nitrogens with one attached hydrogen (secondary N) is 1. The van der Waals surface area contributed by atoms with Crippen molar-refractivity contribution in [2.75, 3.05) is 11.1 Å². The molecule has 0 saturated carbocycles. The summed E-state index contributed by atoms with van der Waals surface area (Å²) in [5, 5.41) is 2.74. The summed E-state index contributed by atoms with van der Waals surface area (Å²) < 4.78 is 26.8. The number of pyridine rings is 1. The van der Waals surface area contributed by atoms with Gasteiger partial charge in [-0.2, -0.15) is 0 Å². The minimum atomic E-state index is -0.710. The van der Waals surface area contributed by atoms with Gasteiger partial charge in [0.05, 0.1) is 15.8 Å². The van der Waals surface area contributed by atoms with Crippen molar-refractivity contribution in [3.05, 3.63) is 46.1 Å². The van der Waals surface area contributed by atoms with Crippen molar-refractivity contribution >= 4 is 33.1 Å². The SMILES string of the molecule is Cc1ccc(N)c(Nc2cc(Br)c(F)cc2F)n1. The van der Waals surface area contributed by atoms with Crippen LogP contribution < -0.4 is 11.1 Å². The molecule has 1 heterocycles. The van der Waals surface area contributed by atoms with Crippen molar-refractivity contribution in [3.63, 3.8) is 0 Å². The molecule has 0 amide bonds. The zero-order valence-electron chi connectivity index (χ0n) is 9.47. The molecule has 0 aliphatic rings. The smallest absolute Gasteiger partial charge is 0.153 e. The van der Waals surface area contributed by atoms with E-state index in [1.165, 1.54) is 6.07 Å². The molecular formula is C12H10BrF2N3. The normalized spacial score (nSPS) is 10.4. The summed E-state index contributed by atoms with van der Waals surface area (Å²) in [5.74, 6) is -1.03. The lowest BCUT2D eigenvalue weighted by molar-refractivity contribution is 0.581. The average molecular weight is 314 g/mol. The van der Waals surface area contributed by atoms with Crippen LogP contribution >= 0.6 is 15.9 Å². The van der Waals surface area contributed by atoms with E-state index in [-0.39, 0.29) is 10.2 Å². The maximum Gasteiger partial charge on any atom is 0.153 e. The zero-order chi connectivity index (χ0) is 13.3. The first-order chi connectivity index (χ1) is 8.47. The summed E-state index contributed by atoms with van der Waals surface area (Å²) in [6, 6.07) is 5.51. The number of benzene rings is 1. The molecule has 3 N–H and O–H groups in total. The third-order valence-corrected chi connectivity index (χ3v) is 2.94. The first kappa shape index (κ1) is 12.8. The minimum Gasteiger partial charge on any atom is -0.396 e. The largest absolute Gasteiger partial charge is 0.396 e. The molecule has 0 aliphatic carbocycles. The van der Waals surface area contributed by atoms with E-state index in [4.69, 9.17) is 5.73 Å². The van der Waals surface area contributed by atoms with E-state index in [1.54, 1.807) is 19.1 Å². The number of hydrogen-bond acceptors (Lipinski definition) is 3. The summed E-state index contributed by atoms with van der Waals surface area (Å²) in [7, 11) is 0. The molecule has 0 saturated heterocycles. The number of aromatic nitrogens is 1. The van der Waals surface area contributed by atoms with E-state index in [9.17, 15) is 8.78 Å². The molecule has 0 unspecified atom stereocenters. The van der Waals surface area contributed by atoms with Crippen LogP contribution in [0.5, 0.6) is 0 Å². The van der Waals surface area contributed by atoms with Crippen LogP contribution in [-0.4, -0.2) is 4.98 Å². The zero-order valence-corrected chi connectivity index (χ0v) is 11.1. The van der Waals surface area contributed by atoms with Crippen LogP contribution in [-0.2, 0) is 0 Å². The van der Waals surface area contributed by atoms with Crippen molar-refractivity contribution in [3.8, 4) is 0 Å². The topological polar surface area (TPSA) is 50.9 Å². The molecular weight excluding hydrogens is 304 g/mol. The Bertz CT molecular complexity index is 602. The predicted octanol–water partition coefficient (Wildman–Crippen LogP) is 3.76. The van der Waals surface area contributed by atoms with E-state index in [1.807, 2.05) is 0 Å². The lowest BCUT2D eigenvalue weighted by atomic mass is 10.2. The second-order valence-electron chi connectivity index (χ2n) is 3.76. The van der Waals surface area contributed by atoms with Crippen LogP contribution in [0.2, 0.25) is 0 Å². The van der Waals surface area contributed by atoms with Crippen molar-refractivity contribution in [2.24, 2.45) is 0 Å². The highest BCUT2D eigenvalue weighted by Gasteiger charge is 2.10. The lowest BCUT2D eigenvalue weighted by Gasteiger charge is -2.10. The summed E-state index contributed by atoms with van der Waals surface area (Å²) in [6.45, 7) is 1.79. The minimum absolute atomic E-state index is 0.105. The molecule has 0 fully saturated rings. The molecule has 94 valence electrons. The highest BCUT2D eigenvalue weighted by Crippen LogP contribution is 2.27. The second-order valence-corrected chi connectivity index (χ2v) is 4.62. The quantitative estimate of drug-likeness (QED) is 0.830. The first-order valence-electron chi connectivity index (χ1n) is 5.12. The third kappa shape index (κ3) is 2.59. The van der Waals surface area contributed by atoms with E-state index in [0.717, 1.165) is 11.8 Å². The molecule has 6 heteroatoms. The van der Waals surface area contributed by atoms with Crippen LogP contribution in [0, 0.1) is 18.6 Å². The van der Waals surface area contributed by atoms with Crippen molar-refractivity contribution in [2.45, 2.75) is 6.92 Å². The van der Waals surface area contributed by atoms with Gasteiger partial charge in [-0.1, -0.05) is 0 Å². The molecule has 0 atom stereocenters. The van der Waals surface area contributed by atoms with Gasteiger partial charge in [0.15, 0.2) is 5.82 Å². The van der Waals surface area contributed by atoms with Gasteiger partial charge in [-0.05, 0) is 41.1 Å². The van der Waals surface area contributed by atoms with E-state index < -0.39 is 11.6 Å². The predicted molar refractivity (Wildman–Crippen MR) is 70.7 cm³/mol. The Balaban J connectivity index is 2.40. The molecule has 1 aromatic carbocycles. The van der Waals surface area contributed by atoms with Crippen LogP contribution in [0.15, 0.2) is 28.7 Å². The Hall–Kier alpha value is -1.69. The Morgan fingerprint density at radius 1 is 1.22 bits per heavy atom. The fraction of sp³-hybridized carbons (Fsp3) is 0.0833. The van der Waals surface area contributed by atoms with Gasteiger partial charge in [0, 0.05) is 11.8 Å². The molecule has 3 nitrogen and oxygen atoms in total. The summed E-state index contributed by atoms with van der Waals surface area (Å²) in [4.78, 5) is 4.15. The van der Waals surface area contributed by atoms with Crippen LogP contribution in [0.4, 0.5) is 26.0 Å². The second kappa shape index (κ2) is 4.89. The molecule has 0 aliphatic heterocycles. The first-order valence-corrected chi connectivity index (χ1v) is 5.91. The number of rotatable bonds is 2. The Morgan fingerprint density at radius 2 is 1.94 bits per heavy atom. The maximum absolute atomic E-state index is 13.6. The number of nitrogens with zero attached hydrogens (tertiary/aromatic N) is 1. The third-order valence-electron chi connectivity index (χ3n) is 2.33. The molecule has 2 rings (SSSR count). The highest BCUT2D eigenvalue weighted by molar-refractivity contribution is 9.10. The molecule has 2 aromatic rings. The van der Waals surface area contributed by atoms with Crippen LogP contribution in [0.3, 0.4) is 0 Å². The fourth-order valence-corrected chi connectivity index (χ4v) is 1.76. The van der Waals surface area contributed by atoms with Gasteiger partial charge >= 0.3 is 0 Å². The monoisotopic (exact) mass is 313 g/mol. The average Bonchev–Trinajstić information content (AvgIpc) is 2.30. The Labute approximate surface area is 111 Å². The summed E-state index contributed by atoms with van der Waals surface area (Å²) in [6.07, 6.45) is 0. The van der Waals surface area contributed by atoms with E-state index in [2.05, 4.69) is 26.2 Å². The van der Waals surface area contributed by atoms with E-state index >= 15 is 0 Å². The highest BCUT2D eigenvalue weighted by atomic mass is 79.9. The molecule has 0 radical (unpaired) electrons. The van der Waals surface area contributed by atoms with Gasteiger partial charge in [-0.3, -0.25) is 0 Å². The lowest BCUT2D eigenvalue weighted by Crippen LogP contribution is -2.02. The number of nitrogens with two attached hydrogens (primary N) is 1. The van der Waals surface area contributed by atoms with Gasteiger partial charge in [0.2, 0.25) is 0 Å². The summed E-state index contributed by atoms with van der Waals surface area (Å²) >= 11 is 2.99. The molecule has 0 bridgehead atoms. The molecule has 18 heavy (non-hydrogen) atoms. The summed E-state index contributed by atoms with van der Waals surface area (Å²) in [5.41, 5.74) is 6.96. The number of aryl methyl sites for hydroxylation is 1. The molecule has 1 aromatic heterocycles.